The summed E-state index contributed by atoms with van der Waals surface area (Å²) in [5.41, 5.74) is 4.68. The Morgan fingerprint density at radius 3 is 2.71 bits per heavy atom. The highest BCUT2D eigenvalue weighted by Gasteiger charge is 2.26. The molecule has 0 radical (unpaired) electrons. The van der Waals surface area contributed by atoms with Gasteiger partial charge in [0.25, 0.3) is 0 Å². The lowest BCUT2D eigenvalue weighted by molar-refractivity contribution is 0.0547. The van der Waals surface area contributed by atoms with E-state index in [1.807, 2.05) is 0 Å². The van der Waals surface area contributed by atoms with E-state index >= 15 is 0 Å². The van der Waals surface area contributed by atoms with Crippen LogP contribution in [0.3, 0.4) is 0 Å². The minimum absolute atomic E-state index is 0.254. The molecule has 3 aromatic rings. The zero-order valence-corrected chi connectivity index (χ0v) is 17.0. The van der Waals surface area contributed by atoms with Crippen LogP contribution >= 0.6 is 11.7 Å². The van der Waals surface area contributed by atoms with Gasteiger partial charge < -0.3 is 5.11 Å². The molecule has 0 aliphatic carbocycles. The van der Waals surface area contributed by atoms with Crippen LogP contribution in [0.25, 0.3) is 11.0 Å². The average Bonchev–Trinajstić information content (AvgIpc) is 3.18. The van der Waals surface area contributed by atoms with Crippen molar-refractivity contribution in [2.75, 3.05) is 32.8 Å². The molecule has 1 saturated heterocycles. The van der Waals surface area contributed by atoms with Gasteiger partial charge in [-0.25, -0.2) is 0 Å². The number of piperazine rings is 1. The van der Waals surface area contributed by atoms with Gasteiger partial charge in [0.2, 0.25) is 0 Å². The Morgan fingerprint density at radius 1 is 1.00 bits per heavy atom. The summed E-state index contributed by atoms with van der Waals surface area (Å²) in [6.45, 7) is 5.45. The molecule has 148 valence electrons. The molecule has 0 saturated carbocycles. The molecule has 28 heavy (non-hydrogen) atoms. The van der Waals surface area contributed by atoms with Crippen molar-refractivity contribution >= 4 is 22.8 Å². The number of hydrogen-bond acceptors (Lipinski definition) is 6. The Morgan fingerprint density at radius 2 is 1.86 bits per heavy atom. The summed E-state index contributed by atoms with van der Waals surface area (Å²) >= 11 is 1.27. The van der Waals surface area contributed by atoms with Gasteiger partial charge >= 0.3 is 0 Å². The SMILES string of the molecule is OCCC1CN(Cc2ccc3nsnc3c2)CCN1CCCc1ccccc1. The van der Waals surface area contributed by atoms with Gasteiger partial charge in [0.05, 0.1) is 11.7 Å². The summed E-state index contributed by atoms with van der Waals surface area (Å²) < 4.78 is 8.64. The highest BCUT2D eigenvalue weighted by atomic mass is 32.1. The Balaban J connectivity index is 1.31. The molecule has 1 unspecified atom stereocenters. The van der Waals surface area contributed by atoms with Gasteiger partial charge in [-0.2, -0.15) is 8.75 Å². The van der Waals surface area contributed by atoms with E-state index in [4.69, 9.17) is 0 Å². The number of aliphatic hydroxyl groups is 1. The van der Waals surface area contributed by atoms with Gasteiger partial charge in [0.1, 0.15) is 11.0 Å². The van der Waals surface area contributed by atoms with Crippen LogP contribution in [0.15, 0.2) is 48.5 Å². The first-order chi connectivity index (χ1) is 13.8. The van der Waals surface area contributed by atoms with Crippen LogP contribution in [0, 0.1) is 0 Å². The fourth-order valence-corrected chi connectivity index (χ4v) is 4.65. The van der Waals surface area contributed by atoms with E-state index in [9.17, 15) is 5.11 Å². The monoisotopic (exact) mass is 396 g/mol. The lowest BCUT2D eigenvalue weighted by atomic mass is 10.1. The zero-order valence-electron chi connectivity index (χ0n) is 16.2. The number of benzene rings is 2. The van der Waals surface area contributed by atoms with Crippen molar-refractivity contribution in [1.29, 1.82) is 0 Å². The maximum Gasteiger partial charge on any atom is 0.105 e. The van der Waals surface area contributed by atoms with Gasteiger partial charge in [-0.3, -0.25) is 9.80 Å². The third-order valence-corrected chi connectivity index (χ3v) is 6.19. The smallest absolute Gasteiger partial charge is 0.105 e. The molecule has 5 nitrogen and oxygen atoms in total. The number of hydrogen-bond donors (Lipinski definition) is 1. The Kier molecular flexibility index (Phi) is 6.65. The predicted molar refractivity (Wildman–Crippen MR) is 115 cm³/mol. The first kappa shape index (κ1) is 19.5. The number of aliphatic hydroxyl groups excluding tert-OH is 1. The lowest BCUT2D eigenvalue weighted by Crippen LogP contribution is -2.53. The van der Waals surface area contributed by atoms with Crippen LogP contribution in [-0.4, -0.2) is 62.5 Å². The van der Waals surface area contributed by atoms with Crippen molar-refractivity contribution < 1.29 is 5.11 Å². The number of aromatic nitrogens is 2. The molecule has 2 heterocycles. The summed E-state index contributed by atoms with van der Waals surface area (Å²) in [6.07, 6.45) is 3.13. The van der Waals surface area contributed by atoms with Crippen molar-refractivity contribution in [3.63, 3.8) is 0 Å². The predicted octanol–water partition coefficient (Wildman–Crippen LogP) is 3.19. The molecule has 1 aliphatic heterocycles. The van der Waals surface area contributed by atoms with Gasteiger partial charge in [-0.15, -0.1) is 0 Å². The van der Waals surface area contributed by atoms with Gasteiger partial charge in [0, 0.05) is 38.8 Å². The van der Waals surface area contributed by atoms with Gasteiger partial charge in [-0.05, 0) is 49.1 Å². The van der Waals surface area contributed by atoms with Crippen LogP contribution in [-0.2, 0) is 13.0 Å². The first-order valence-electron chi connectivity index (χ1n) is 10.1. The van der Waals surface area contributed by atoms with E-state index in [0.717, 1.165) is 56.6 Å². The van der Waals surface area contributed by atoms with Crippen LogP contribution in [0.2, 0.25) is 0 Å². The minimum Gasteiger partial charge on any atom is -0.396 e. The van der Waals surface area contributed by atoms with E-state index in [2.05, 4.69) is 67.1 Å². The number of aryl methyl sites for hydroxylation is 1. The molecule has 6 heteroatoms. The highest BCUT2D eigenvalue weighted by Crippen LogP contribution is 2.19. The van der Waals surface area contributed by atoms with Crippen LogP contribution < -0.4 is 0 Å². The molecule has 1 atom stereocenters. The van der Waals surface area contributed by atoms with Crippen molar-refractivity contribution in [3.8, 4) is 0 Å². The standard InChI is InChI=1S/C22H28N4OS/c27-14-10-20-17-25(16-19-8-9-21-22(15-19)24-28-23-21)12-13-26(20)11-4-7-18-5-2-1-3-6-18/h1-3,5-6,8-9,15,20,27H,4,7,10-14,16-17H2. The summed E-state index contributed by atoms with van der Waals surface area (Å²) in [4.78, 5) is 5.08. The molecular weight excluding hydrogens is 368 g/mol. The van der Waals surface area contributed by atoms with Crippen molar-refractivity contribution in [3.05, 3.63) is 59.7 Å². The van der Waals surface area contributed by atoms with Crippen molar-refractivity contribution in [2.24, 2.45) is 0 Å². The fourth-order valence-electron chi connectivity index (χ4n) is 4.13. The fraction of sp³-hybridized carbons (Fsp3) is 0.455. The van der Waals surface area contributed by atoms with Gasteiger partial charge in [-0.1, -0.05) is 36.4 Å². The summed E-state index contributed by atoms with van der Waals surface area (Å²) in [5, 5.41) is 9.55. The number of nitrogens with zero attached hydrogens (tertiary/aromatic N) is 4. The molecule has 2 aromatic carbocycles. The summed E-state index contributed by atoms with van der Waals surface area (Å²) in [7, 11) is 0. The van der Waals surface area contributed by atoms with E-state index in [0.29, 0.717) is 6.04 Å². The molecule has 4 rings (SSSR count). The summed E-state index contributed by atoms with van der Waals surface area (Å²) in [5.74, 6) is 0. The third-order valence-electron chi connectivity index (χ3n) is 5.63. The molecule has 0 bridgehead atoms. The van der Waals surface area contributed by atoms with E-state index < -0.39 is 0 Å². The van der Waals surface area contributed by atoms with E-state index in [-0.39, 0.29) is 6.61 Å². The molecule has 1 fully saturated rings. The quantitative estimate of drug-likeness (QED) is 0.634. The van der Waals surface area contributed by atoms with Crippen molar-refractivity contribution in [1.82, 2.24) is 18.5 Å². The van der Waals surface area contributed by atoms with Gasteiger partial charge in [0.15, 0.2) is 0 Å². The topological polar surface area (TPSA) is 52.5 Å². The molecule has 1 aromatic heterocycles. The second kappa shape index (κ2) is 9.56. The Bertz CT molecular complexity index is 869. The molecule has 1 N–H and O–H groups in total. The average molecular weight is 397 g/mol. The maximum atomic E-state index is 9.55. The molecule has 0 amide bonds. The van der Waals surface area contributed by atoms with E-state index in [1.54, 1.807) is 0 Å². The second-order valence-electron chi connectivity index (χ2n) is 7.61. The molecule has 1 aliphatic rings. The van der Waals surface area contributed by atoms with Crippen LogP contribution in [0.5, 0.6) is 0 Å². The third kappa shape index (κ3) is 4.94. The molecule has 0 spiro atoms. The normalized spacial score (nSPS) is 18.7. The lowest BCUT2D eigenvalue weighted by Gasteiger charge is -2.41. The second-order valence-corrected chi connectivity index (χ2v) is 8.14. The zero-order chi connectivity index (χ0) is 19.2. The first-order valence-corrected chi connectivity index (χ1v) is 10.9. The number of fused-ring (bicyclic) bond motifs is 1. The summed E-state index contributed by atoms with van der Waals surface area (Å²) in [6, 6.07) is 17.5. The highest BCUT2D eigenvalue weighted by molar-refractivity contribution is 7.00. The maximum absolute atomic E-state index is 9.55. The van der Waals surface area contributed by atoms with Crippen molar-refractivity contribution in [2.45, 2.75) is 31.8 Å². The number of rotatable bonds is 8. The minimum atomic E-state index is 0.254. The Labute approximate surface area is 170 Å². The molecular formula is C22H28N4OS. The van der Waals surface area contributed by atoms with Crippen LogP contribution in [0.1, 0.15) is 24.0 Å². The van der Waals surface area contributed by atoms with Crippen LogP contribution in [0.4, 0.5) is 0 Å². The largest absolute Gasteiger partial charge is 0.396 e. The van der Waals surface area contributed by atoms with E-state index in [1.165, 1.54) is 29.3 Å². The Hall–Kier alpha value is -1.86.